The zero-order chi connectivity index (χ0) is 86.0. The number of para-hydroxylation sites is 9. The maximum Gasteiger partial charge on any atom is 0.198 e. The average molecular weight is 1660 g/mol. The summed E-state index contributed by atoms with van der Waals surface area (Å²) in [5.74, 6) is 1.13. The molecule has 0 saturated heterocycles. The van der Waals surface area contributed by atoms with Crippen LogP contribution in [0, 0.1) is 17.9 Å². The molecule has 130 heavy (non-hydrogen) atoms. The third-order valence-corrected chi connectivity index (χ3v) is 25.8. The van der Waals surface area contributed by atoms with Crippen LogP contribution in [-0.2, 0) is 0 Å². The molecule has 8 heterocycles. The number of rotatable bonds is 12. The van der Waals surface area contributed by atoms with Crippen LogP contribution in [0.15, 0.2) is 437 Å². The lowest BCUT2D eigenvalue weighted by atomic mass is 10.1. The van der Waals surface area contributed by atoms with Crippen LogP contribution in [0.4, 0.5) is 5.69 Å². The number of aromatic nitrogens is 10. The second kappa shape index (κ2) is 30.4. The Morgan fingerprint density at radius 3 is 0.723 bits per heavy atom. The van der Waals surface area contributed by atoms with Crippen LogP contribution >= 0.6 is 0 Å². The molecule has 0 unspecified atom stereocenters. The Bertz CT molecular complexity index is 8630. The van der Waals surface area contributed by atoms with Gasteiger partial charge >= 0.3 is 0 Å². The molecule has 0 aliphatic rings. The van der Waals surface area contributed by atoms with Gasteiger partial charge in [0.25, 0.3) is 0 Å². The molecule has 12 nitrogen and oxygen atoms in total. The number of nitriles is 1. The van der Waals surface area contributed by atoms with Gasteiger partial charge in [-0.1, -0.05) is 255 Å². The van der Waals surface area contributed by atoms with Crippen LogP contribution in [0.5, 0.6) is 0 Å². The van der Waals surface area contributed by atoms with Gasteiger partial charge in [-0.3, -0.25) is 0 Å². The number of benzene rings is 18. The van der Waals surface area contributed by atoms with Crippen molar-refractivity contribution in [3.63, 3.8) is 0 Å². The van der Waals surface area contributed by atoms with Crippen LogP contribution in [0.3, 0.4) is 0 Å². The van der Waals surface area contributed by atoms with Crippen molar-refractivity contribution < 1.29 is 0 Å². The van der Waals surface area contributed by atoms with E-state index in [0.29, 0.717) is 28.5 Å². The standard InChI is InChI=1S/2C59H36N6/c1-60-50-22-10-5-21-47(50)59-61-51(38-15-3-2-4-16-38)37-52(62-59)39-27-29-40(30-28-39)63-57-33-31-41(64-53-23-11-6-17-43(53)44-18-7-12-24-54(44)64)35-48(57)49-36-42(32-34-58(49)63)65-55-25-13-8-19-45(55)46-20-9-14-26-56(46)65;60-37-38-22-24-41(25-23-38)59-61-51(39-12-2-1-3-13-39)36-52(62-59)40-26-28-42(29-27-40)63-57-32-30-43(64-53-18-8-4-14-45(53)46-15-5-9-19-54(46)64)34-49(57)50-35-44(31-33-58(50)63)65-55-20-10-6-16-47(55)48-17-7-11-21-56(48)65/h2-37H;1-36H. The fraction of sp³-hybridized carbons (Fsp3) is 0. The van der Waals surface area contributed by atoms with Gasteiger partial charge in [-0.05, 0) is 182 Å². The minimum Gasteiger partial charge on any atom is -0.309 e. The van der Waals surface area contributed by atoms with Crippen molar-refractivity contribution in [2.45, 2.75) is 0 Å². The van der Waals surface area contributed by atoms with E-state index in [9.17, 15) is 5.26 Å². The zero-order valence-electron chi connectivity index (χ0n) is 69.9. The lowest BCUT2D eigenvalue weighted by Crippen LogP contribution is -1.98. The van der Waals surface area contributed by atoms with E-state index < -0.39 is 0 Å². The van der Waals surface area contributed by atoms with Gasteiger partial charge < -0.3 is 27.4 Å². The van der Waals surface area contributed by atoms with E-state index in [-0.39, 0.29) is 0 Å². The van der Waals surface area contributed by atoms with E-state index in [4.69, 9.17) is 26.5 Å². The Balaban J connectivity index is 0.000000140. The number of fused-ring (bicyclic) bond motifs is 18. The Hall–Kier alpha value is -18.1. The summed E-state index contributed by atoms with van der Waals surface area (Å²) in [5.41, 5.74) is 30.3. The molecule has 0 atom stereocenters. The van der Waals surface area contributed by atoms with Crippen molar-refractivity contribution in [2.24, 2.45) is 0 Å². The fourth-order valence-corrected chi connectivity index (χ4v) is 19.9. The van der Waals surface area contributed by atoms with E-state index in [0.717, 1.165) is 118 Å². The number of hydrogen-bond acceptors (Lipinski definition) is 5. The van der Waals surface area contributed by atoms with Crippen molar-refractivity contribution in [2.75, 3.05) is 0 Å². The predicted molar refractivity (Wildman–Crippen MR) is 534 cm³/mol. The molecule has 26 rings (SSSR count). The fourth-order valence-electron chi connectivity index (χ4n) is 19.9. The van der Waals surface area contributed by atoms with Gasteiger partial charge in [0.1, 0.15) is 5.82 Å². The van der Waals surface area contributed by atoms with Gasteiger partial charge in [0.15, 0.2) is 11.5 Å². The minimum absolute atomic E-state index is 0.521. The van der Waals surface area contributed by atoms with Gasteiger partial charge in [-0.25, -0.2) is 24.8 Å². The van der Waals surface area contributed by atoms with Crippen molar-refractivity contribution in [1.82, 2.24) is 47.3 Å². The van der Waals surface area contributed by atoms with Gasteiger partial charge in [-0.15, -0.1) is 0 Å². The second-order valence-corrected chi connectivity index (χ2v) is 33.0. The second-order valence-electron chi connectivity index (χ2n) is 33.0. The van der Waals surface area contributed by atoms with Gasteiger partial charge in [0.05, 0.1) is 107 Å². The molecule has 26 aromatic rings. The highest BCUT2D eigenvalue weighted by molar-refractivity contribution is 6.17. The summed E-state index contributed by atoms with van der Waals surface area (Å²) in [6, 6.07) is 156. The Morgan fingerprint density at radius 2 is 0.431 bits per heavy atom. The Morgan fingerprint density at radius 1 is 0.200 bits per heavy atom. The SMILES string of the molecule is N#Cc1ccc(-c2nc(-c3ccccc3)cc(-c3ccc(-n4c5ccc(-n6c7ccccc7c7ccccc76)cc5c5cc(-n6c7ccccc7c7ccccc76)ccc54)cc3)n2)cc1.[C-]#[N+]c1ccccc1-c1nc(-c2ccccc2)cc(-c2ccc(-n3c4ccc(-n5c6ccccc6c6ccccc65)cc4c4cc(-n5c6ccccc6c6ccccc65)ccc43)cc2)n1. The summed E-state index contributed by atoms with van der Waals surface area (Å²) < 4.78 is 14.4. The first-order chi connectivity index (χ1) is 64.4. The highest BCUT2D eigenvalue weighted by atomic mass is 15.0. The molecule has 0 amide bonds. The quantitative estimate of drug-likeness (QED) is 0.113. The first kappa shape index (κ1) is 74.5. The molecule has 0 N–H and O–H groups in total. The lowest BCUT2D eigenvalue weighted by molar-refractivity contribution is 1.16. The molecule has 12 heteroatoms. The van der Waals surface area contributed by atoms with Gasteiger partial charge in [0, 0.05) is 132 Å². The third-order valence-electron chi connectivity index (χ3n) is 25.8. The molecule has 604 valence electrons. The molecule has 0 aliphatic heterocycles. The highest BCUT2D eigenvalue weighted by Gasteiger charge is 2.25. The predicted octanol–water partition coefficient (Wildman–Crippen LogP) is 30.0. The molecule has 0 aliphatic carbocycles. The number of nitrogens with zero attached hydrogens (tertiary/aromatic N) is 12. The molecular weight excluding hydrogens is 1590 g/mol. The summed E-state index contributed by atoms with van der Waals surface area (Å²) in [6.07, 6.45) is 0. The molecule has 0 fully saturated rings. The zero-order valence-corrected chi connectivity index (χ0v) is 69.9. The first-order valence-corrected chi connectivity index (χ1v) is 43.6. The third kappa shape index (κ3) is 12.2. The van der Waals surface area contributed by atoms with Crippen LogP contribution < -0.4 is 0 Å². The molecule has 8 aromatic heterocycles. The van der Waals surface area contributed by atoms with Crippen molar-refractivity contribution in [3.8, 4) is 108 Å². The summed E-state index contributed by atoms with van der Waals surface area (Å²) in [6.45, 7) is 7.87. The van der Waals surface area contributed by atoms with E-state index in [1.165, 1.54) is 98.0 Å². The van der Waals surface area contributed by atoms with Crippen molar-refractivity contribution >= 4 is 137 Å². The topological polar surface area (TPSA) is 109 Å². The van der Waals surface area contributed by atoms with Crippen LogP contribution in [0.2, 0.25) is 0 Å². The maximum absolute atomic E-state index is 9.45. The van der Waals surface area contributed by atoms with Gasteiger partial charge in [-0.2, -0.15) is 5.26 Å². The van der Waals surface area contributed by atoms with E-state index in [1.54, 1.807) is 0 Å². The molecule has 18 aromatic carbocycles. The largest absolute Gasteiger partial charge is 0.309 e. The van der Waals surface area contributed by atoms with Crippen LogP contribution in [-0.4, -0.2) is 47.3 Å². The molecular formula is C118H72N12. The van der Waals surface area contributed by atoms with E-state index >= 15 is 0 Å². The molecule has 0 spiro atoms. The van der Waals surface area contributed by atoms with Crippen molar-refractivity contribution in [3.05, 3.63) is 454 Å². The normalized spacial score (nSPS) is 11.7. The smallest absolute Gasteiger partial charge is 0.198 e. The Kier molecular flexibility index (Phi) is 17.4. The summed E-state index contributed by atoms with van der Waals surface area (Å²) in [7, 11) is 0. The van der Waals surface area contributed by atoms with Crippen LogP contribution in [0.25, 0.3) is 238 Å². The average Bonchev–Trinajstić information content (AvgIpc) is 1.57. The lowest BCUT2D eigenvalue weighted by Gasteiger charge is -2.12. The van der Waals surface area contributed by atoms with E-state index in [2.05, 4.69) is 384 Å². The maximum atomic E-state index is 9.45. The molecule has 0 radical (unpaired) electrons. The monoisotopic (exact) mass is 1660 g/mol. The van der Waals surface area contributed by atoms with Gasteiger partial charge in [0.2, 0.25) is 0 Å². The summed E-state index contributed by atoms with van der Waals surface area (Å²) >= 11 is 0. The number of hydrogen-bond donors (Lipinski definition) is 0. The first-order valence-electron chi connectivity index (χ1n) is 43.6. The highest BCUT2D eigenvalue weighted by Crippen LogP contribution is 2.45. The molecule has 0 saturated carbocycles. The van der Waals surface area contributed by atoms with E-state index in [1.807, 2.05) is 91.0 Å². The summed E-state index contributed by atoms with van der Waals surface area (Å²) in [4.78, 5) is 24.0. The molecule has 0 bridgehead atoms. The minimum atomic E-state index is 0.521. The van der Waals surface area contributed by atoms with Crippen LogP contribution in [0.1, 0.15) is 5.56 Å². The summed E-state index contributed by atoms with van der Waals surface area (Å²) in [5, 5.41) is 24.0. The Labute approximate surface area is 745 Å². The van der Waals surface area contributed by atoms with Crippen molar-refractivity contribution in [1.29, 1.82) is 5.26 Å².